The molecule has 16 heavy (non-hydrogen) atoms. The molecule has 0 saturated carbocycles. The average molecular weight is 304 g/mol. The van der Waals surface area contributed by atoms with Crippen LogP contribution in [0.3, 0.4) is 0 Å². The van der Waals surface area contributed by atoms with Crippen LogP contribution in [0.1, 0.15) is 24.1 Å². The molecule has 1 aromatic heterocycles. The van der Waals surface area contributed by atoms with E-state index in [-0.39, 0.29) is 0 Å². The van der Waals surface area contributed by atoms with Crippen LogP contribution in [0.5, 0.6) is 0 Å². The van der Waals surface area contributed by atoms with E-state index in [1.54, 1.807) is 0 Å². The van der Waals surface area contributed by atoms with E-state index >= 15 is 0 Å². The van der Waals surface area contributed by atoms with Crippen LogP contribution in [0.2, 0.25) is 0 Å². The number of thiophene rings is 1. The van der Waals surface area contributed by atoms with E-state index in [1.165, 1.54) is 28.7 Å². The molecule has 2 rings (SSSR count). The Morgan fingerprint density at radius 3 is 3.12 bits per heavy atom. The highest BCUT2D eigenvalue weighted by atomic mass is 79.9. The molecule has 2 heterocycles. The van der Waals surface area contributed by atoms with Crippen molar-refractivity contribution in [1.82, 2.24) is 4.90 Å². The zero-order chi connectivity index (χ0) is 11.4. The fraction of sp³-hybridized carbons (Fsp3) is 0.667. The highest BCUT2D eigenvalue weighted by Crippen LogP contribution is 2.25. The van der Waals surface area contributed by atoms with Crippen molar-refractivity contribution < 1.29 is 5.11 Å². The van der Waals surface area contributed by atoms with Gasteiger partial charge in [0.25, 0.3) is 0 Å². The molecule has 4 heteroatoms. The monoisotopic (exact) mass is 303 g/mol. The summed E-state index contributed by atoms with van der Waals surface area (Å²) >= 11 is 5.31. The highest BCUT2D eigenvalue weighted by molar-refractivity contribution is 9.10. The molecule has 1 aromatic rings. The predicted octanol–water partition coefficient (Wildman–Crippen LogP) is 3.11. The molecule has 1 atom stereocenters. The fourth-order valence-electron chi connectivity index (χ4n) is 2.37. The second-order valence-corrected chi connectivity index (χ2v) is 6.40. The number of rotatable bonds is 4. The van der Waals surface area contributed by atoms with Gasteiger partial charge in [-0.25, -0.2) is 0 Å². The molecule has 2 nitrogen and oxygen atoms in total. The van der Waals surface area contributed by atoms with Crippen LogP contribution in [0.25, 0.3) is 0 Å². The van der Waals surface area contributed by atoms with Crippen LogP contribution >= 0.6 is 27.3 Å². The van der Waals surface area contributed by atoms with Gasteiger partial charge in [-0.3, -0.25) is 4.90 Å². The topological polar surface area (TPSA) is 23.5 Å². The molecule has 1 unspecified atom stereocenters. The lowest BCUT2D eigenvalue weighted by atomic mass is 9.95. The number of hydrogen-bond acceptors (Lipinski definition) is 3. The van der Waals surface area contributed by atoms with Gasteiger partial charge in [0, 0.05) is 34.4 Å². The van der Waals surface area contributed by atoms with Gasteiger partial charge in [-0.05, 0) is 53.7 Å². The Morgan fingerprint density at radius 1 is 1.56 bits per heavy atom. The van der Waals surface area contributed by atoms with E-state index in [2.05, 4.69) is 32.3 Å². The second kappa shape index (κ2) is 6.15. The van der Waals surface area contributed by atoms with Gasteiger partial charge in [-0.2, -0.15) is 0 Å². The first-order chi connectivity index (χ1) is 7.78. The SMILES string of the molecule is OCCC1CCCN(Cc2cc(Br)cs2)C1. The molecule has 1 aliphatic rings. The van der Waals surface area contributed by atoms with Crippen molar-refractivity contribution in [2.24, 2.45) is 5.92 Å². The van der Waals surface area contributed by atoms with Crippen molar-refractivity contribution >= 4 is 27.3 Å². The van der Waals surface area contributed by atoms with E-state index in [1.807, 2.05) is 11.3 Å². The largest absolute Gasteiger partial charge is 0.396 e. The number of nitrogens with zero attached hydrogens (tertiary/aromatic N) is 1. The summed E-state index contributed by atoms with van der Waals surface area (Å²) in [6, 6.07) is 2.21. The minimum atomic E-state index is 0.336. The minimum Gasteiger partial charge on any atom is -0.396 e. The number of hydrogen-bond donors (Lipinski definition) is 1. The molecule has 0 aromatic carbocycles. The fourth-order valence-corrected chi connectivity index (χ4v) is 3.86. The Balaban J connectivity index is 1.85. The van der Waals surface area contributed by atoms with Crippen molar-refractivity contribution in [2.45, 2.75) is 25.8 Å². The Kier molecular flexibility index (Phi) is 4.82. The van der Waals surface area contributed by atoms with Gasteiger partial charge in [-0.1, -0.05) is 0 Å². The predicted molar refractivity (Wildman–Crippen MR) is 71.7 cm³/mol. The maximum atomic E-state index is 8.98. The van der Waals surface area contributed by atoms with E-state index < -0.39 is 0 Å². The summed E-state index contributed by atoms with van der Waals surface area (Å²) in [5.74, 6) is 0.696. The Bertz CT molecular complexity index is 327. The van der Waals surface area contributed by atoms with Crippen molar-refractivity contribution in [3.05, 3.63) is 20.8 Å². The minimum absolute atomic E-state index is 0.336. The number of piperidine rings is 1. The third-order valence-electron chi connectivity index (χ3n) is 3.14. The number of aliphatic hydroxyl groups is 1. The number of aliphatic hydroxyl groups excluding tert-OH is 1. The second-order valence-electron chi connectivity index (χ2n) is 4.49. The summed E-state index contributed by atoms with van der Waals surface area (Å²) < 4.78 is 1.19. The molecule has 90 valence electrons. The van der Waals surface area contributed by atoms with E-state index in [4.69, 9.17) is 5.11 Å². The van der Waals surface area contributed by atoms with Gasteiger partial charge in [0.05, 0.1) is 0 Å². The van der Waals surface area contributed by atoms with Crippen molar-refractivity contribution in [3.8, 4) is 0 Å². The molecule has 0 spiro atoms. The zero-order valence-corrected chi connectivity index (χ0v) is 11.8. The molecule has 0 amide bonds. The van der Waals surface area contributed by atoms with Gasteiger partial charge in [0.2, 0.25) is 0 Å². The first-order valence-electron chi connectivity index (χ1n) is 5.84. The summed E-state index contributed by atoms with van der Waals surface area (Å²) in [6.07, 6.45) is 3.52. The maximum Gasteiger partial charge on any atom is 0.0434 e. The molecular formula is C12H18BrNOS. The van der Waals surface area contributed by atoms with Crippen LogP contribution in [0.15, 0.2) is 15.9 Å². The average Bonchev–Trinajstić information content (AvgIpc) is 2.65. The van der Waals surface area contributed by atoms with Crippen LogP contribution in [-0.2, 0) is 6.54 Å². The van der Waals surface area contributed by atoms with Gasteiger partial charge in [0.15, 0.2) is 0 Å². The van der Waals surface area contributed by atoms with Crippen LogP contribution in [0.4, 0.5) is 0 Å². The first kappa shape index (κ1) is 12.6. The standard InChI is InChI=1S/C12H18BrNOS/c13-11-6-12(16-9-11)8-14-4-1-2-10(7-14)3-5-15/h6,9-10,15H,1-5,7-8H2. The lowest BCUT2D eigenvalue weighted by molar-refractivity contribution is 0.143. The Hall–Kier alpha value is 0.1000. The quantitative estimate of drug-likeness (QED) is 0.924. The number of halogens is 1. The summed E-state index contributed by atoms with van der Waals surface area (Å²) in [7, 11) is 0. The Morgan fingerprint density at radius 2 is 2.44 bits per heavy atom. The Labute approximate surface area is 109 Å². The summed E-state index contributed by atoms with van der Waals surface area (Å²) in [4.78, 5) is 3.94. The summed E-state index contributed by atoms with van der Waals surface area (Å²) in [5, 5.41) is 11.1. The zero-order valence-electron chi connectivity index (χ0n) is 9.36. The first-order valence-corrected chi connectivity index (χ1v) is 7.51. The van der Waals surface area contributed by atoms with E-state index in [0.717, 1.165) is 19.5 Å². The van der Waals surface area contributed by atoms with Gasteiger partial charge < -0.3 is 5.11 Å². The molecule has 0 aliphatic carbocycles. The van der Waals surface area contributed by atoms with Crippen molar-refractivity contribution in [1.29, 1.82) is 0 Å². The summed E-state index contributed by atoms with van der Waals surface area (Å²) in [5.41, 5.74) is 0. The maximum absolute atomic E-state index is 8.98. The van der Waals surface area contributed by atoms with E-state index in [0.29, 0.717) is 12.5 Å². The molecule has 1 fully saturated rings. The van der Waals surface area contributed by atoms with Crippen LogP contribution < -0.4 is 0 Å². The lowest BCUT2D eigenvalue weighted by Gasteiger charge is -2.32. The highest BCUT2D eigenvalue weighted by Gasteiger charge is 2.19. The molecule has 1 N–H and O–H groups in total. The number of likely N-dealkylation sites (tertiary alicyclic amines) is 1. The molecule has 1 aliphatic heterocycles. The van der Waals surface area contributed by atoms with Crippen LogP contribution in [-0.4, -0.2) is 29.7 Å². The molecule has 0 bridgehead atoms. The third-order valence-corrected chi connectivity index (χ3v) is 4.82. The lowest BCUT2D eigenvalue weighted by Crippen LogP contribution is -2.35. The van der Waals surface area contributed by atoms with Crippen molar-refractivity contribution in [3.63, 3.8) is 0 Å². The van der Waals surface area contributed by atoms with Crippen molar-refractivity contribution in [2.75, 3.05) is 19.7 Å². The summed E-state index contributed by atoms with van der Waals surface area (Å²) in [6.45, 7) is 3.76. The molecular weight excluding hydrogens is 286 g/mol. The molecule has 1 saturated heterocycles. The van der Waals surface area contributed by atoms with Gasteiger partial charge in [0.1, 0.15) is 0 Å². The smallest absolute Gasteiger partial charge is 0.0434 e. The molecule has 0 radical (unpaired) electrons. The van der Waals surface area contributed by atoms with Gasteiger partial charge >= 0.3 is 0 Å². The van der Waals surface area contributed by atoms with E-state index in [9.17, 15) is 0 Å². The third kappa shape index (κ3) is 3.55. The normalized spacial score (nSPS) is 22.5. The van der Waals surface area contributed by atoms with Gasteiger partial charge in [-0.15, -0.1) is 11.3 Å². The van der Waals surface area contributed by atoms with Crippen LogP contribution in [0, 0.1) is 5.92 Å².